The smallest absolute Gasteiger partial charge is 0.744 e. The third-order valence-corrected chi connectivity index (χ3v) is 5.40. The number of hydrogen-bond acceptors (Lipinski definition) is 7. The molecule has 0 saturated heterocycles. The fraction of sp³-hybridized carbons (Fsp3) is 0. The summed E-state index contributed by atoms with van der Waals surface area (Å²) in [5, 5.41) is 2.92. The molecule has 0 bridgehead atoms. The van der Waals surface area contributed by atoms with Gasteiger partial charge < -0.3 is 15.6 Å². The van der Waals surface area contributed by atoms with Gasteiger partial charge in [0.15, 0.2) is 11.6 Å². The zero-order valence-electron chi connectivity index (χ0n) is 15.3. The number of para-hydroxylation sites is 1. The van der Waals surface area contributed by atoms with Crippen molar-refractivity contribution >= 4 is 38.7 Å². The van der Waals surface area contributed by atoms with E-state index in [0.29, 0.717) is 5.69 Å². The Morgan fingerprint density at radius 2 is 1.34 bits per heavy atom. The van der Waals surface area contributed by atoms with Crippen LogP contribution in [0.1, 0.15) is 31.8 Å². The molecule has 4 rings (SSSR count). The molecule has 0 aliphatic heterocycles. The van der Waals surface area contributed by atoms with E-state index in [2.05, 4.69) is 5.32 Å². The summed E-state index contributed by atoms with van der Waals surface area (Å²) in [6.45, 7) is 0. The van der Waals surface area contributed by atoms with Crippen LogP contribution in [0.4, 0.5) is 17.1 Å². The van der Waals surface area contributed by atoms with Crippen molar-refractivity contribution in [3.63, 3.8) is 0 Å². The summed E-state index contributed by atoms with van der Waals surface area (Å²) in [5.41, 5.74) is 5.90. The molecule has 9 heteroatoms. The van der Waals surface area contributed by atoms with Gasteiger partial charge in [-0.15, -0.1) is 0 Å². The summed E-state index contributed by atoms with van der Waals surface area (Å²) in [4.78, 5) is 25.4. The molecule has 0 aromatic heterocycles. The van der Waals surface area contributed by atoms with Gasteiger partial charge in [-0.05, 0) is 18.2 Å². The minimum atomic E-state index is -4.98. The van der Waals surface area contributed by atoms with Crippen LogP contribution in [0.15, 0.2) is 65.6 Å². The van der Waals surface area contributed by atoms with Crippen molar-refractivity contribution in [2.45, 2.75) is 4.90 Å². The first-order valence-electron chi connectivity index (χ1n) is 8.22. The molecule has 0 spiro atoms. The van der Waals surface area contributed by atoms with E-state index in [9.17, 15) is 22.6 Å². The Morgan fingerprint density at radius 1 is 0.828 bits per heavy atom. The molecule has 0 heterocycles. The van der Waals surface area contributed by atoms with Gasteiger partial charge in [0.05, 0.1) is 27.4 Å². The average molecular weight is 416 g/mol. The number of rotatable bonds is 3. The normalized spacial score (nSPS) is 12.6. The molecule has 140 valence electrons. The van der Waals surface area contributed by atoms with Gasteiger partial charge in [-0.3, -0.25) is 9.59 Å². The number of carbonyl (C=O) groups is 2. The standard InChI is InChI=1S/C20H14N2O5S.Na/c21-18-15(28(25,26)27)10-14(22-11-6-2-1-3-7-11)16-17(18)20(24)13-9-5-4-8-12(13)19(16)23;/h1-10,22H,21H2,(H,25,26,27);/q;+1/p-1. The molecule has 0 radical (unpaired) electrons. The summed E-state index contributed by atoms with van der Waals surface area (Å²) >= 11 is 0. The van der Waals surface area contributed by atoms with Gasteiger partial charge in [0, 0.05) is 16.8 Å². The average Bonchev–Trinajstić information content (AvgIpc) is 2.67. The zero-order chi connectivity index (χ0) is 20.1. The van der Waals surface area contributed by atoms with Gasteiger partial charge >= 0.3 is 29.6 Å². The number of benzene rings is 3. The number of anilines is 3. The summed E-state index contributed by atoms with van der Waals surface area (Å²) < 4.78 is 35.2. The third kappa shape index (κ3) is 3.61. The van der Waals surface area contributed by atoms with E-state index >= 15 is 0 Å². The Bertz CT molecular complexity index is 1260. The molecular formula is C20H13N2NaO5S. The first-order valence-corrected chi connectivity index (χ1v) is 9.62. The number of fused-ring (bicyclic) bond motifs is 2. The number of hydrogen-bond donors (Lipinski definition) is 2. The van der Waals surface area contributed by atoms with Crippen LogP contribution in [0.2, 0.25) is 0 Å². The molecule has 0 amide bonds. The Labute approximate surface area is 189 Å². The predicted octanol–water partition coefficient (Wildman–Crippen LogP) is -0.304. The van der Waals surface area contributed by atoms with Gasteiger partial charge in [0.2, 0.25) is 0 Å². The molecule has 0 fully saturated rings. The SMILES string of the molecule is Nc1c(S(=O)(=O)[O-])cc(Nc2ccccc2)c2c1C(=O)c1ccccc1C2=O.[Na+]. The molecule has 1 aliphatic carbocycles. The number of nitrogens with one attached hydrogen (secondary N) is 1. The maximum atomic E-state index is 13.1. The van der Waals surface area contributed by atoms with Crippen molar-refractivity contribution in [1.82, 2.24) is 0 Å². The molecular weight excluding hydrogens is 403 g/mol. The van der Waals surface area contributed by atoms with E-state index in [1.54, 1.807) is 42.5 Å². The Morgan fingerprint density at radius 3 is 1.90 bits per heavy atom. The summed E-state index contributed by atoms with van der Waals surface area (Å²) in [7, 11) is -4.98. The summed E-state index contributed by atoms with van der Waals surface area (Å²) in [6, 6.07) is 15.8. The van der Waals surface area contributed by atoms with E-state index < -0.39 is 32.3 Å². The monoisotopic (exact) mass is 416 g/mol. The van der Waals surface area contributed by atoms with Crippen molar-refractivity contribution in [2.24, 2.45) is 0 Å². The first-order chi connectivity index (χ1) is 13.3. The first kappa shape index (κ1) is 21.2. The molecule has 7 nitrogen and oxygen atoms in total. The zero-order valence-corrected chi connectivity index (χ0v) is 18.1. The van der Waals surface area contributed by atoms with E-state index in [1.165, 1.54) is 12.1 Å². The maximum absolute atomic E-state index is 13.1. The second kappa shape index (κ2) is 7.74. The van der Waals surface area contributed by atoms with Crippen LogP contribution in [0.3, 0.4) is 0 Å². The van der Waals surface area contributed by atoms with Crippen molar-refractivity contribution < 1.29 is 52.1 Å². The van der Waals surface area contributed by atoms with Gasteiger partial charge in [0.1, 0.15) is 10.1 Å². The summed E-state index contributed by atoms with van der Waals surface area (Å²) in [6.07, 6.45) is 0. The largest absolute Gasteiger partial charge is 1.00 e. The van der Waals surface area contributed by atoms with Crippen molar-refractivity contribution in [2.75, 3.05) is 11.1 Å². The Kier molecular flexibility index (Phi) is 5.66. The van der Waals surface area contributed by atoms with Crippen molar-refractivity contribution in [1.29, 1.82) is 0 Å². The van der Waals surface area contributed by atoms with Crippen LogP contribution in [0.5, 0.6) is 0 Å². The minimum absolute atomic E-state index is 0. The third-order valence-electron chi connectivity index (χ3n) is 4.52. The van der Waals surface area contributed by atoms with Gasteiger partial charge in [-0.2, -0.15) is 0 Å². The van der Waals surface area contributed by atoms with Gasteiger partial charge in [0.25, 0.3) is 0 Å². The van der Waals surface area contributed by atoms with Crippen LogP contribution < -0.4 is 40.6 Å². The number of nitrogen functional groups attached to an aromatic ring is 1. The topological polar surface area (TPSA) is 129 Å². The molecule has 29 heavy (non-hydrogen) atoms. The van der Waals surface area contributed by atoms with Crippen LogP contribution in [-0.2, 0) is 10.1 Å². The Hall–Kier alpha value is -2.49. The predicted molar refractivity (Wildman–Crippen MR) is 102 cm³/mol. The number of ketones is 2. The Balaban J connectivity index is 0.00000240. The summed E-state index contributed by atoms with van der Waals surface area (Å²) in [5.74, 6) is -1.09. The second-order valence-electron chi connectivity index (χ2n) is 6.23. The van der Waals surface area contributed by atoms with Gasteiger partial charge in [-0.1, -0.05) is 42.5 Å². The van der Waals surface area contributed by atoms with Crippen molar-refractivity contribution in [3.05, 3.63) is 82.9 Å². The molecule has 0 unspecified atom stereocenters. The minimum Gasteiger partial charge on any atom is -0.744 e. The van der Waals surface area contributed by atoms with Crippen LogP contribution in [-0.4, -0.2) is 24.5 Å². The van der Waals surface area contributed by atoms with Crippen LogP contribution in [0, 0.1) is 0 Å². The van der Waals surface area contributed by atoms with Crippen LogP contribution >= 0.6 is 0 Å². The molecule has 1 aliphatic rings. The van der Waals surface area contributed by atoms with Gasteiger partial charge in [-0.25, -0.2) is 8.42 Å². The fourth-order valence-corrected chi connectivity index (χ4v) is 3.91. The second-order valence-corrected chi connectivity index (χ2v) is 7.58. The van der Waals surface area contributed by atoms with Crippen molar-refractivity contribution in [3.8, 4) is 0 Å². The fourth-order valence-electron chi connectivity index (χ4n) is 3.28. The number of nitrogens with two attached hydrogens (primary N) is 1. The van der Waals surface area contributed by atoms with Crippen LogP contribution in [0.25, 0.3) is 0 Å². The molecule has 3 aromatic carbocycles. The quantitative estimate of drug-likeness (QED) is 0.266. The van der Waals surface area contributed by atoms with E-state index in [1.807, 2.05) is 0 Å². The molecule has 0 saturated carbocycles. The molecule has 0 atom stereocenters. The van der Waals surface area contributed by atoms with E-state index in [-0.39, 0.29) is 57.5 Å². The van der Waals surface area contributed by atoms with E-state index in [4.69, 9.17) is 5.73 Å². The number of carbonyl (C=O) groups excluding carboxylic acids is 2. The molecule has 3 N–H and O–H groups in total. The van der Waals surface area contributed by atoms with E-state index in [0.717, 1.165) is 6.07 Å². The molecule has 3 aromatic rings. The maximum Gasteiger partial charge on any atom is 1.00 e.